The van der Waals surface area contributed by atoms with E-state index in [0.717, 1.165) is 8.20 Å². The molecule has 0 saturated carbocycles. The van der Waals surface area contributed by atoms with E-state index in [9.17, 15) is 0 Å². The summed E-state index contributed by atoms with van der Waals surface area (Å²) in [5.74, 6) is 1.92. The third-order valence-corrected chi connectivity index (χ3v) is 0.711. The predicted molar refractivity (Wildman–Crippen MR) is 33.4 cm³/mol. The number of allylic oxidation sites excluding steroid dienone is 2. The molecule has 32 valence electrons. The van der Waals surface area contributed by atoms with Crippen molar-refractivity contribution in [2.45, 2.75) is 0 Å². The van der Waals surface area contributed by atoms with Crippen LogP contribution in [0.15, 0.2) is 24.5 Å². The van der Waals surface area contributed by atoms with Crippen molar-refractivity contribution >= 4 is 14.5 Å². The van der Waals surface area contributed by atoms with Crippen molar-refractivity contribution in [2.75, 3.05) is 0 Å². The summed E-state index contributed by atoms with van der Waals surface area (Å²) in [5, 5.41) is 0. The first-order valence-electron chi connectivity index (χ1n) is 1.65. The topological polar surface area (TPSA) is 0 Å². The van der Waals surface area contributed by atoms with Gasteiger partial charge in [-0.1, -0.05) is 33.2 Å². The van der Waals surface area contributed by atoms with Crippen molar-refractivity contribution in [3.05, 3.63) is 24.5 Å². The lowest BCUT2D eigenvalue weighted by Gasteiger charge is -1.59. The summed E-state index contributed by atoms with van der Waals surface area (Å²) in [4.78, 5) is 0. The lowest BCUT2D eigenvalue weighted by molar-refractivity contribution is 2.12. The van der Waals surface area contributed by atoms with Crippen molar-refractivity contribution in [3.63, 3.8) is 0 Å². The fraction of sp³-hybridized carbons (Fsp3) is 0. The minimum atomic E-state index is 1.04. The highest BCUT2D eigenvalue weighted by Crippen LogP contribution is 1.89. The lowest BCUT2D eigenvalue weighted by Crippen LogP contribution is -1.31. The van der Waals surface area contributed by atoms with Crippen LogP contribution in [0.25, 0.3) is 0 Å². The molecule has 0 rings (SSSR count). The molecular weight excluding hydrogens is 91.0 g/mol. The molecule has 0 atom stereocenters. The smallest absolute Gasteiger partial charge is 0.0353 e. The minimum Gasteiger partial charge on any atom is -0.0991 e. The molecule has 0 aliphatic rings. The second-order valence-corrected chi connectivity index (χ2v) is 1.42. The first-order valence-corrected chi connectivity index (χ1v) is 2.80. The highest BCUT2D eigenvalue weighted by Gasteiger charge is 1.48. The van der Waals surface area contributed by atoms with Crippen LogP contribution in [0.2, 0.25) is 0 Å². The summed E-state index contributed by atoms with van der Waals surface area (Å²) >= 11 is 0. The normalized spacial score (nSPS) is 10.0. The number of rotatable bonds is 2. The Labute approximate surface area is 40.0 Å². The number of hydrogen-bond acceptors (Lipinski definition) is 0. The van der Waals surface area contributed by atoms with E-state index in [1.807, 2.05) is 11.9 Å². The maximum atomic E-state index is 3.56. The van der Waals surface area contributed by atoms with Gasteiger partial charge in [0, 0.05) is 0 Å². The lowest BCUT2D eigenvalue weighted by atomic mass is 10.6. The van der Waals surface area contributed by atoms with Gasteiger partial charge in [0.15, 0.2) is 0 Å². The Morgan fingerprint density at radius 2 is 2.17 bits per heavy atom. The zero-order chi connectivity index (χ0) is 4.83. The van der Waals surface area contributed by atoms with Crippen LogP contribution in [0.4, 0.5) is 0 Å². The third kappa shape index (κ3) is 3.65. The molecule has 0 fully saturated rings. The van der Waals surface area contributed by atoms with Gasteiger partial charge in [-0.3, -0.25) is 0 Å². The van der Waals surface area contributed by atoms with Crippen molar-refractivity contribution < 1.29 is 0 Å². The van der Waals surface area contributed by atoms with Gasteiger partial charge in [-0.2, -0.15) is 0 Å². The van der Waals surface area contributed by atoms with E-state index in [4.69, 9.17) is 0 Å². The van der Waals surface area contributed by atoms with E-state index in [-0.39, 0.29) is 0 Å². The van der Waals surface area contributed by atoms with E-state index >= 15 is 0 Å². The fourth-order valence-electron chi connectivity index (χ4n) is 0.122. The van der Waals surface area contributed by atoms with E-state index in [1.54, 1.807) is 6.08 Å². The van der Waals surface area contributed by atoms with Crippen LogP contribution in [0.1, 0.15) is 0 Å². The molecule has 0 radical (unpaired) electrons. The van der Waals surface area contributed by atoms with Gasteiger partial charge in [0.1, 0.15) is 0 Å². The molecule has 0 bridgehead atoms. The summed E-state index contributed by atoms with van der Waals surface area (Å²) in [6, 6.07) is 0. The summed E-state index contributed by atoms with van der Waals surface area (Å²) in [5.41, 5.74) is 0. The molecule has 0 N–H and O–H groups in total. The Morgan fingerprint density at radius 3 is 2.33 bits per heavy atom. The predicted octanol–water partition coefficient (Wildman–Crippen LogP) is 2.06. The molecule has 0 nitrogen and oxygen atoms in total. The molecule has 0 aromatic heterocycles. The van der Waals surface area contributed by atoms with Crippen LogP contribution in [0, 0.1) is 0 Å². The van der Waals surface area contributed by atoms with Crippen LogP contribution < -0.4 is 0 Å². The molecule has 0 saturated heterocycles. The van der Waals surface area contributed by atoms with Gasteiger partial charge in [-0.15, -0.1) is 0 Å². The van der Waals surface area contributed by atoms with Gasteiger partial charge in [0.2, 0.25) is 0 Å². The molecule has 0 unspecified atom stereocenters. The van der Waals surface area contributed by atoms with Crippen LogP contribution in [0.5, 0.6) is 0 Å². The maximum Gasteiger partial charge on any atom is -0.0353 e. The SMILES string of the molecule is C=CC=CP=C. The van der Waals surface area contributed by atoms with Crippen molar-refractivity contribution in [1.82, 2.24) is 0 Å². The average Bonchev–Trinajstić information content (AvgIpc) is 1.61. The highest BCUT2D eigenvalue weighted by atomic mass is 31.1. The molecular formula is C5H7P. The van der Waals surface area contributed by atoms with Crippen molar-refractivity contribution in [2.24, 2.45) is 0 Å². The first kappa shape index (κ1) is 5.65. The number of hydrogen-bond donors (Lipinski definition) is 0. The van der Waals surface area contributed by atoms with Gasteiger partial charge in [0.25, 0.3) is 0 Å². The monoisotopic (exact) mass is 98.0 g/mol. The van der Waals surface area contributed by atoms with Crippen LogP contribution >= 0.6 is 8.20 Å². The quantitative estimate of drug-likeness (QED) is 0.366. The molecule has 1 heteroatoms. The fourth-order valence-corrected chi connectivity index (χ4v) is 0.365. The molecule has 0 spiro atoms. The standard InChI is InChI=1S/C5H7P/c1-3-4-5-6-2/h3-5H,1-2H2. The van der Waals surface area contributed by atoms with E-state index in [1.165, 1.54) is 0 Å². The molecule has 0 aliphatic heterocycles. The van der Waals surface area contributed by atoms with E-state index in [0.29, 0.717) is 0 Å². The zero-order valence-electron chi connectivity index (χ0n) is 3.59. The van der Waals surface area contributed by atoms with Crippen LogP contribution in [0.3, 0.4) is 0 Å². The second-order valence-electron chi connectivity index (χ2n) is 0.760. The van der Waals surface area contributed by atoms with Crippen molar-refractivity contribution in [1.29, 1.82) is 0 Å². The molecule has 0 aromatic carbocycles. The van der Waals surface area contributed by atoms with Gasteiger partial charge >= 0.3 is 0 Å². The third-order valence-electron chi connectivity index (χ3n) is 0.328. The molecule has 0 aliphatic carbocycles. The summed E-state index contributed by atoms with van der Waals surface area (Å²) in [6.45, 7) is 3.48. The Hall–Kier alpha value is -0.350. The second kappa shape index (κ2) is 4.65. The minimum absolute atomic E-state index is 1.04. The average molecular weight is 98.1 g/mol. The van der Waals surface area contributed by atoms with E-state index < -0.39 is 0 Å². The Balaban J connectivity index is 3.17. The Morgan fingerprint density at radius 1 is 1.50 bits per heavy atom. The Kier molecular flexibility index (Phi) is 4.38. The van der Waals surface area contributed by atoms with Gasteiger partial charge in [-0.25, -0.2) is 0 Å². The van der Waals surface area contributed by atoms with Gasteiger partial charge in [0.05, 0.1) is 0 Å². The molecule has 6 heavy (non-hydrogen) atoms. The van der Waals surface area contributed by atoms with Gasteiger partial charge < -0.3 is 0 Å². The zero-order valence-corrected chi connectivity index (χ0v) is 4.49. The summed E-state index contributed by atoms with van der Waals surface area (Å²) < 4.78 is 0. The first-order chi connectivity index (χ1) is 2.91. The Bertz CT molecular complexity index is 62.0. The molecule has 0 amide bonds. The summed E-state index contributed by atoms with van der Waals surface area (Å²) in [7, 11) is 1.04. The van der Waals surface area contributed by atoms with Gasteiger partial charge in [-0.05, 0) is 5.82 Å². The summed E-state index contributed by atoms with van der Waals surface area (Å²) in [6.07, 6.45) is 7.16. The van der Waals surface area contributed by atoms with Crippen LogP contribution in [-0.4, -0.2) is 6.30 Å². The van der Waals surface area contributed by atoms with Crippen molar-refractivity contribution in [3.8, 4) is 0 Å². The highest BCUT2D eigenvalue weighted by molar-refractivity contribution is 7.40. The van der Waals surface area contributed by atoms with E-state index in [2.05, 4.69) is 12.9 Å². The van der Waals surface area contributed by atoms with Crippen LogP contribution in [-0.2, 0) is 0 Å². The maximum absolute atomic E-state index is 3.56. The molecule has 0 heterocycles. The molecule has 0 aromatic rings. The largest absolute Gasteiger partial charge is 0.0991 e.